The Morgan fingerprint density at radius 1 is 1.31 bits per heavy atom. The Balaban J connectivity index is 2.19. The van der Waals surface area contributed by atoms with Gasteiger partial charge >= 0.3 is 0 Å². The van der Waals surface area contributed by atoms with Crippen molar-refractivity contribution in [1.29, 1.82) is 0 Å². The van der Waals surface area contributed by atoms with Crippen LogP contribution in [0.5, 0.6) is 5.75 Å². The van der Waals surface area contributed by atoms with E-state index in [1.807, 2.05) is 0 Å². The topological polar surface area (TPSA) is 55.4 Å². The Morgan fingerprint density at radius 3 is 2.50 bits per heavy atom. The summed E-state index contributed by atoms with van der Waals surface area (Å²) in [6.07, 6.45) is 1.66. The number of halogens is 1. The molecule has 0 aliphatic heterocycles. The van der Waals surface area contributed by atoms with Gasteiger partial charge in [-0.05, 0) is 30.7 Å². The third kappa shape index (κ3) is 5.67. The second-order valence-electron chi connectivity index (χ2n) is 3.32. The van der Waals surface area contributed by atoms with Gasteiger partial charge in [0.15, 0.2) is 0 Å². The average molecular weight is 247 g/mol. The monoisotopic (exact) mass is 247 g/mol. The molecule has 6 heteroatoms. The quantitative estimate of drug-likeness (QED) is 0.767. The minimum Gasteiger partial charge on any atom is -0.494 e. The van der Waals surface area contributed by atoms with Gasteiger partial charge in [-0.15, -0.1) is 0 Å². The maximum absolute atomic E-state index is 12.5. The molecule has 0 aliphatic carbocycles. The van der Waals surface area contributed by atoms with Crippen molar-refractivity contribution in [1.82, 2.24) is 4.72 Å². The molecule has 0 saturated heterocycles. The second kappa shape index (κ2) is 5.81. The van der Waals surface area contributed by atoms with Gasteiger partial charge in [-0.25, -0.2) is 17.5 Å². The number of ether oxygens (including phenoxy) is 1. The summed E-state index contributed by atoms with van der Waals surface area (Å²) in [5, 5.41) is 0. The van der Waals surface area contributed by atoms with E-state index in [2.05, 4.69) is 4.72 Å². The van der Waals surface area contributed by atoms with Gasteiger partial charge in [-0.3, -0.25) is 0 Å². The van der Waals surface area contributed by atoms with Crippen molar-refractivity contribution in [3.05, 3.63) is 30.1 Å². The van der Waals surface area contributed by atoms with Gasteiger partial charge in [0.1, 0.15) is 11.6 Å². The van der Waals surface area contributed by atoms with Crippen molar-refractivity contribution in [2.45, 2.75) is 6.42 Å². The molecular formula is C10H14FNO3S. The second-order valence-corrected chi connectivity index (χ2v) is 5.16. The summed E-state index contributed by atoms with van der Waals surface area (Å²) in [5.41, 5.74) is 0. The molecule has 4 nitrogen and oxygen atoms in total. The minimum atomic E-state index is -3.13. The Hall–Kier alpha value is -1.14. The highest BCUT2D eigenvalue weighted by Crippen LogP contribution is 2.10. The molecule has 1 aromatic rings. The molecule has 0 saturated carbocycles. The number of benzene rings is 1. The van der Waals surface area contributed by atoms with Gasteiger partial charge in [-0.2, -0.15) is 0 Å². The maximum atomic E-state index is 12.5. The molecule has 90 valence electrons. The van der Waals surface area contributed by atoms with Crippen molar-refractivity contribution < 1.29 is 17.5 Å². The Kier molecular flexibility index (Phi) is 4.70. The smallest absolute Gasteiger partial charge is 0.208 e. The summed E-state index contributed by atoms with van der Waals surface area (Å²) in [4.78, 5) is 0. The molecule has 0 spiro atoms. The lowest BCUT2D eigenvalue weighted by molar-refractivity contribution is 0.311. The van der Waals surface area contributed by atoms with Crippen molar-refractivity contribution in [2.75, 3.05) is 19.4 Å². The van der Waals surface area contributed by atoms with Crippen LogP contribution in [0.25, 0.3) is 0 Å². The molecule has 0 fully saturated rings. The standard InChI is InChI=1S/C10H14FNO3S/c1-16(13,14)12-7-2-8-15-10-5-3-9(11)4-6-10/h3-6,12H,2,7-8H2,1H3. The highest BCUT2D eigenvalue weighted by atomic mass is 32.2. The van der Waals surface area contributed by atoms with Gasteiger partial charge in [0, 0.05) is 6.54 Å². The summed E-state index contributed by atoms with van der Waals surface area (Å²) in [6.45, 7) is 0.716. The molecule has 0 unspecified atom stereocenters. The van der Waals surface area contributed by atoms with Crippen LogP contribution in [0, 0.1) is 5.82 Å². The zero-order chi connectivity index (χ0) is 12.0. The fourth-order valence-corrected chi connectivity index (χ4v) is 1.57. The van der Waals surface area contributed by atoms with Crippen molar-refractivity contribution in [3.63, 3.8) is 0 Å². The number of hydrogen-bond donors (Lipinski definition) is 1. The molecule has 0 heterocycles. The van der Waals surface area contributed by atoms with Crippen LogP contribution in [0.1, 0.15) is 6.42 Å². The predicted molar refractivity (Wildman–Crippen MR) is 59.4 cm³/mol. The van der Waals surface area contributed by atoms with E-state index in [9.17, 15) is 12.8 Å². The molecule has 16 heavy (non-hydrogen) atoms. The van der Waals surface area contributed by atoms with E-state index < -0.39 is 10.0 Å². The van der Waals surface area contributed by atoms with E-state index in [-0.39, 0.29) is 5.82 Å². The van der Waals surface area contributed by atoms with Gasteiger partial charge in [0.25, 0.3) is 0 Å². The molecule has 0 amide bonds. The van der Waals surface area contributed by atoms with E-state index in [1.165, 1.54) is 24.3 Å². The third-order valence-corrected chi connectivity index (χ3v) is 2.50. The van der Waals surface area contributed by atoms with E-state index in [0.29, 0.717) is 25.3 Å². The van der Waals surface area contributed by atoms with Crippen molar-refractivity contribution in [2.24, 2.45) is 0 Å². The van der Waals surface area contributed by atoms with Crippen LogP contribution in [-0.2, 0) is 10.0 Å². The van der Waals surface area contributed by atoms with Crippen LogP contribution in [-0.4, -0.2) is 27.8 Å². The first-order valence-corrected chi connectivity index (χ1v) is 6.69. The third-order valence-electron chi connectivity index (χ3n) is 1.77. The molecule has 0 aromatic heterocycles. The molecule has 1 N–H and O–H groups in total. The highest BCUT2D eigenvalue weighted by Gasteiger charge is 1.99. The van der Waals surface area contributed by atoms with Crippen LogP contribution < -0.4 is 9.46 Å². The van der Waals surface area contributed by atoms with E-state index in [0.717, 1.165) is 6.26 Å². The van der Waals surface area contributed by atoms with Crippen molar-refractivity contribution in [3.8, 4) is 5.75 Å². The molecule has 0 atom stereocenters. The average Bonchev–Trinajstić information content (AvgIpc) is 2.19. The normalized spacial score (nSPS) is 11.4. The van der Waals surface area contributed by atoms with E-state index in [4.69, 9.17) is 4.74 Å². The lowest BCUT2D eigenvalue weighted by Gasteiger charge is -2.06. The summed E-state index contributed by atoms with van der Waals surface area (Å²) in [7, 11) is -3.13. The molecule has 0 aliphatic rings. The summed E-state index contributed by atoms with van der Waals surface area (Å²) < 4.78 is 41.6. The number of hydrogen-bond acceptors (Lipinski definition) is 3. The predicted octanol–water partition coefficient (Wildman–Crippen LogP) is 1.14. The number of nitrogens with one attached hydrogen (secondary N) is 1. The first-order valence-electron chi connectivity index (χ1n) is 4.80. The van der Waals surface area contributed by atoms with E-state index >= 15 is 0 Å². The van der Waals surface area contributed by atoms with Crippen LogP contribution in [0.15, 0.2) is 24.3 Å². The number of rotatable bonds is 6. The van der Waals surface area contributed by atoms with Crippen LogP contribution in [0.4, 0.5) is 4.39 Å². The molecular weight excluding hydrogens is 233 g/mol. The zero-order valence-corrected chi connectivity index (χ0v) is 9.76. The molecule has 0 bridgehead atoms. The van der Waals surface area contributed by atoms with Gasteiger partial charge in [0.2, 0.25) is 10.0 Å². The van der Waals surface area contributed by atoms with Crippen molar-refractivity contribution >= 4 is 10.0 Å². The van der Waals surface area contributed by atoms with Crippen LogP contribution >= 0.6 is 0 Å². The van der Waals surface area contributed by atoms with Gasteiger partial charge in [-0.1, -0.05) is 0 Å². The lowest BCUT2D eigenvalue weighted by Crippen LogP contribution is -2.24. The summed E-state index contributed by atoms with van der Waals surface area (Å²) in [6, 6.07) is 5.67. The summed E-state index contributed by atoms with van der Waals surface area (Å²) >= 11 is 0. The van der Waals surface area contributed by atoms with Crippen LogP contribution in [0.3, 0.4) is 0 Å². The fraction of sp³-hybridized carbons (Fsp3) is 0.400. The minimum absolute atomic E-state index is 0.314. The molecule has 1 rings (SSSR count). The lowest BCUT2D eigenvalue weighted by atomic mass is 10.3. The molecule has 0 radical (unpaired) electrons. The first-order chi connectivity index (χ1) is 7.47. The largest absolute Gasteiger partial charge is 0.494 e. The fourth-order valence-electron chi connectivity index (χ4n) is 1.05. The highest BCUT2D eigenvalue weighted by molar-refractivity contribution is 7.88. The Labute approximate surface area is 94.5 Å². The van der Waals surface area contributed by atoms with Gasteiger partial charge < -0.3 is 4.74 Å². The van der Waals surface area contributed by atoms with Crippen LogP contribution in [0.2, 0.25) is 0 Å². The zero-order valence-electron chi connectivity index (χ0n) is 8.94. The van der Waals surface area contributed by atoms with E-state index in [1.54, 1.807) is 0 Å². The number of sulfonamides is 1. The Bertz CT molecular complexity index is 416. The Morgan fingerprint density at radius 2 is 1.94 bits per heavy atom. The SMILES string of the molecule is CS(=O)(=O)NCCCOc1ccc(F)cc1. The summed E-state index contributed by atoms with van der Waals surface area (Å²) in [5.74, 6) is 0.256. The molecule has 1 aromatic carbocycles. The first kappa shape index (κ1) is 12.9. The van der Waals surface area contributed by atoms with Gasteiger partial charge in [0.05, 0.1) is 12.9 Å². The maximum Gasteiger partial charge on any atom is 0.208 e.